The molecule has 0 unspecified atom stereocenters. The Hall–Kier alpha value is -2.16. The van der Waals surface area contributed by atoms with Crippen LogP contribution in [0.5, 0.6) is 0 Å². The van der Waals surface area contributed by atoms with Gasteiger partial charge in [-0.15, -0.1) is 10.2 Å². The average Bonchev–Trinajstić information content (AvgIpc) is 3.00. The first kappa shape index (κ1) is 19.6. The van der Waals surface area contributed by atoms with E-state index < -0.39 is 11.7 Å². The lowest BCUT2D eigenvalue weighted by atomic mass is 9.59. The minimum atomic E-state index is -4.43. The first-order chi connectivity index (χ1) is 12.6. The smallest absolute Gasteiger partial charge is 0.413 e. The van der Waals surface area contributed by atoms with Crippen LogP contribution in [0.1, 0.15) is 44.9 Å². The van der Waals surface area contributed by atoms with Crippen LogP contribution < -0.4 is 5.32 Å². The second-order valence-corrected chi connectivity index (χ2v) is 7.54. The average molecular weight is 384 g/mol. The van der Waals surface area contributed by atoms with Crippen LogP contribution in [0.3, 0.4) is 0 Å². The molecule has 2 heterocycles. The maximum atomic E-state index is 13.0. The molecule has 1 aromatic rings. The van der Waals surface area contributed by atoms with Gasteiger partial charge >= 0.3 is 6.18 Å². The molecule has 6 nitrogen and oxygen atoms in total. The summed E-state index contributed by atoms with van der Waals surface area (Å²) in [6, 6.07) is 0. The molecule has 3 rings (SSSR count). The SMILES string of the molecule is CNC1(C)CC(C)(c2nnc(COC3=C/C/N=C\C/C(C(F)(F)F)=C\3)o2)C1. The summed E-state index contributed by atoms with van der Waals surface area (Å²) in [5.41, 5.74) is -0.875. The van der Waals surface area contributed by atoms with Gasteiger partial charge in [0.05, 0.1) is 6.54 Å². The zero-order valence-electron chi connectivity index (χ0n) is 15.6. The number of rotatable bonds is 5. The molecule has 1 fully saturated rings. The number of nitrogens with zero attached hydrogens (tertiary/aromatic N) is 3. The first-order valence-corrected chi connectivity index (χ1v) is 8.74. The van der Waals surface area contributed by atoms with Crippen LogP contribution in [0.2, 0.25) is 0 Å². The van der Waals surface area contributed by atoms with E-state index in [0.717, 1.165) is 18.9 Å². The number of nitrogens with one attached hydrogen (secondary N) is 1. The molecule has 9 heteroatoms. The molecule has 0 radical (unpaired) electrons. The van der Waals surface area contributed by atoms with E-state index in [1.54, 1.807) is 0 Å². The van der Waals surface area contributed by atoms with E-state index in [9.17, 15) is 13.2 Å². The summed E-state index contributed by atoms with van der Waals surface area (Å²) in [5, 5.41) is 11.3. The van der Waals surface area contributed by atoms with Gasteiger partial charge in [0.2, 0.25) is 5.89 Å². The molecule has 2 aliphatic rings. The molecule has 0 saturated heterocycles. The van der Waals surface area contributed by atoms with Crippen LogP contribution >= 0.6 is 0 Å². The van der Waals surface area contributed by atoms with Crippen molar-refractivity contribution in [2.75, 3.05) is 13.6 Å². The fourth-order valence-corrected chi connectivity index (χ4v) is 3.67. The Balaban J connectivity index is 1.65. The highest BCUT2D eigenvalue weighted by atomic mass is 19.4. The van der Waals surface area contributed by atoms with Crippen LogP contribution in [0.25, 0.3) is 0 Å². The third-order valence-electron chi connectivity index (χ3n) is 5.03. The molecule has 0 amide bonds. The number of ether oxygens (including phenoxy) is 1. The maximum Gasteiger partial charge on any atom is 0.413 e. The molecule has 0 atom stereocenters. The van der Waals surface area contributed by atoms with Crippen molar-refractivity contribution < 1.29 is 22.3 Å². The Kier molecular flexibility index (Phi) is 5.16. The summed E-state index contributed by atoms with van der Waals surface area (Å²) in [7, 11) is 1.92. The highest BCUT2D eigenvalue weighted by Gasteiger charge is 2.52. The highest BCUT2D eigenvalue weighted by Crippen LogP contribution is 2.49. The molecular weight excluding hydrogens is 361 g/mol. The number of halogens is 3. The minimum Gasteiger partial charge on any atom is -0.484 e. The predicted octanol–water partition coefficient (Wildman–Crippen LogP) is 3.46. The topological polar surface area (TPSA) is 72.5 Å². The summed E-state index contributed by atoms with van der Waals surface area (Å²) in [5.74, 6) is 0.853. The molecule has 0 bridgehead atoms. The van der Waals surface area contributed by atoms with Crippen molar-refractivity contribution in [1.82, 2.24) is 15.5 Å². The summed E-state index contributed by atoms with van der Waals surface area (Å²) in [6.45, 7) is 4.34. The number of aliphatic imine (C=N–C) groups is 1. The first-order valence-electron chi connectivity index (χ1n) is 8.74. The lowest BCUT2D eigenvalue weighted by molar-refractivity contribution is -0.0927. The maximum absolute atomic E-state index is 13.0. The van der Waals surface area contributed by atoms with Crippen LogP contribution in [0.4, 0.5) is 13.2 Å². The normalized spacial score (nSPS) is 33.7. The second kappa shape index (κ2) is 7.10. The van der Waals surface area contributed by atoms with Crippen molar-refractivity contribution >= 4 is 6.21 Å². The van der Waals surface area contributed by atoms with Gasteiger partial charge in [-0.2, -0.15) is 13.2 Å². The second-order valence-electron chi connectivity index (χ2n) is 7.54. The summed E-state index contributed by atoms with van der Waals surface area (Å²) < 4.78 is 50.2. The third-order valence-corrected chi connectivity index (χ3v) is 5.03. The molecule has 1 aromatic heterocycles. The van der Waals surface area contributed by atoms with E-state index >= 15 is 0 Å². The van der Waals surface area contributed by atoms with Gasteiger partial charge in [0.25, 0.3) is 5.89 Å². The lowest BCUT2D eigenvalue weighted by Crippen LogP contribution is -2.58. The monoisotopic (exact) mass is 384 g/mol. The zero-order chi connectivity index (χ0) is 19.7. The van der Waals surface area contributed by atoms with E-state index in [1.807, 2.05) is 7.05 Å². The highest BCUT2D eigenvalue weighted by molar-refractivity contribution is 5.62. The van der Waals surface area contributed by atoms with Crippen molar-refractivity contribution in [3.05, 3.63) is 35.3 Å². The molecule has 1 N–H and O–H groups in total. The molecular formula is C18H23F3N4O2. The number of hydrogen-bond donors (Lipinski definition) is 1. The van der Waals surface area contributed by atoms with Gasteiger partial charge in [-0.25, -0.2) is 0 Å². The van der Waals surface area contributed by atoms with Crippen LogP contribution in [0, 0.1) is 0 Å². The third kappa shape index (κ3) is 4.40. The van der Waals surface area contributed by atoms with Crippen LogP contribution in [-0.4, -0.2) is 41.7 Å². The standard InChI is InChI=1S/C18H23F3N4O2/c1-16(10-17(2,11-16)22-3)15-25-24-14(27-15)9-26-13-5-7-23-6-4-12(8-13)18(19,20)21/h5-6,8,22H,4,7,9-11H2,1-3H3/b12-8+,13-5+,23-6-. The van der Waals surface area contributed by atoms with Gasteiger partial charge in [0.15, 0.2) is 6.61 Å². The summed E-state index contributed by atoms with van der Waals surface area (Å²) >= 11 is 0. The van der Waals surface area contributed by atoms with Gasteiger partial charge in [-0.3, -0.25) is 4.99 Å². The Bertz CT molecular complexity index is 774. The van der Waals surface area contributed by atoms with Gasteiger partial charge < -0.3 is 14.5 Å². The van der Waals surface area contributed by atoms with Crippen molar-refractivity contribution in [2.45, 2.75) is 56.8 Å². The molecule has 0 aromatic carbocycles. The molecule has 0 spiro atoms. The fraction of sp³-hybridized carbons (Fsp3) is 0.611. The summed E-state index contributed by atoms with van der Waals surface area (Å²) in [6.07, 6.45) is 0.757. The van der Waals surface area contributed by atoms with Crippen molar-refractivity contribution in [3.8, 4) is 0 Å². The van der Waals surface area contributed by atoms with Gasteiger partial charge in [0.1, 0.15) is 5.76 Å². The molecule has 148 valence electrons. The van der Waals surface area contributed by atoms with E-state index in [1.165, 1.54) is 12.3 Å². The number of alkyl halides is 3. The van der Waals surface area contributed by atoms with Crippen LogP contribution in [0.15, 0.2) is 32.9 Å². The van der Waals surface area contributed by atoms with Crippen molar-refractivity contribution in [1.29, 1.82) is 0 Å². The summed E-state index contributed by atoms with van der Waals surface area (Å²) in [4.78, 5) is 3.90. The largest absolute Gasteiger partial charge is 0.484 e. The Labute approximate surface area is 155 Å². The molecule has 1 saturated carbocycles. The van der Waals surface area contributed by atoms with Gasteiger partial charge in [-0.05, 0) is 39.0 Å². The van der Waals surface area contributed by atoms with E-state index in [0.29, 0.717) is 5.89 Å². The van der Waals surface area contributed by atoms with E-state index in [-0.39, 0.29) is 42.2 Å². The quantitative estimate of drug-likeness (QED) is 0.842. The van der Waals surface area contributed by atoms with Gasteiger partial charge in [0, 0.05) is 29.2 Å². The number of aromatic nitrogens is 2. The predicted molar refractivity (Wildman–Crippen MR) is 93.3 cm³/mol. The zero-order valence-corrected chi connectivity index (χ0v) is 15.6. The van der Waals surface area contributed by atoms with Crippen molar-refractivity contribution in [2.24, 2.45) is 4.99 Å². The number of hydrogen-bond acceptors (Lipinski definition) is 6. The van der Waals surface area contributed by atoms with Crippen LogP contribution in [-0.2, 0) is 16.8 Å². The minimum absolute atomic E-state index is 0.0445. The Morgan fingerprint density at radius 2 is 2.00 bits per heavy atom. The van der Waals surface area contributed by atoms with Crippen molar-refractivity contribution in [3.63, 3.8) is 0 Å². The van der Waals surface area contributed by atoms with E-state index in [2.05, 4.69) is 34.4 Å². The Morgan fingerprint density at radius 3 is 2.67 bits per heavy atom. The fourth-order valence-electron chi connectivity index (χ4n) is 3.67. The van der Waals surface area contributed by atoms with E-state index in [4.69, 9.17) is 9.15 Å². The molecule has 27 heavy (non-hydrogen) atoms. The number of allylic oxidation sites excluding steroid dienone is 2. The lowest BCUT2D eigenvalue weighted by Gasteiger charge is -2.50. The van der Waals surface area contributed by atoms with Gasteiger partial charge in [-0.1, -0.05) is 6.92 Å². The molecule has 1 aliphatic heterocycles. The molecule has 1 aliphatic carbocycles. The Morgan fingerprint density at radius 1 is 1.26 bits per heavy atom.